The van der Waals surface area contributed by atoms with Crippen molar-refractivity contribution in [2.24, 2.45) is 0 Å². The van der Waals surface area contributed by atoms with E-state index in [4.69, 9.17) is 15.0 Å². The molecular weight excluding hydrogens is 380 g/mol. The van der Waals surface area contributed by atoms with Crippen LogP contribution in [0, 0.1) is 6.92 Å². The third kappa shape index (κ3) is 3.96. The Bertz CT molecular complexity index is 1260. The van der Waals surface area contributed by atoms with Crippen molar-refractivity contribution in [3.8, 4) is 45.3 Å². The Labute approximate surface area is 181 Å². The highest BCUT2D eigenvalue weighted by atomic mass is 14.9. The van der Waals surface area contributed by atoms with Crippen LogP contribution in [0.15, 0.2) is 103 Å². The molecule has 0 spiro atoms. The van der Waals surface area contributed by atoms with E-state index in [0.29, 0.717) is 11.6 Å². The van der Waals surface area contributed by atoms with Crippen molar-refractivity contribution in [2.75, 3.05) is 0 Å². The van der Waals surface area contributed by atoms with E-state index in [2.05, 4.69) is 17.1 Å². The zero-order valence-electron chi connectivity index (χ0n) is 17.1. The van der Waals surface area contributed by atoms with E-state index in [0.717, 1.165) is 39.3 Å². The monoisotopic (exact) mass is 400 g/mol. The summed E-state index contributed by atoms with van der Waals surface area (Å²) >= 11 is 0. The normalized spacial score (nSPS) is 10.7. The molecule has 31 heavy (non-hydrogen) atoms. The quantitative estimate of drug-likeness (QED) is 0.358. The third-order valence-electron chi connectivity index (χ3n) is 5.11. The molecule has 0 atom stereocenters. The highest BCUT2D eigenvalue weighted by molar-refractivity contribution is 5.72. The van der Waals surface area contributed by atoms with Crippen molar-refractivity contribution < 1.29 is 0 Å². The van der Waals surface area contributed by atoms with E-state index in [1.165, 1.54) is 0 Å². The van der Waals surface area contributed by atoms with Crippen molar-refractivity contribution >= 4 is 0 Å². The van der Waals surface area contributed by atoms with Crippen molar-refractivity contribution in [1.29, 1.82) is 0 Å². The summed E-state index contributed by atoms with van der Waals surface area (Å²) in [5.74, 6) is 1.39. The smallest absolute Gasteiger partial charge is 0.160 e. The van der Waals surface area contributed by atoms with Gasteiger partial charge in [-0.05, 0) is 13.0 Å². The molecule has 148 valence electrons. The van der Waals surface area contributed by atoms with Gasteiger partial charge in [0.25, 0.3) is 0 Å². The van der Waals surface area contributed by atoms with Crippen LogP contribution in [-0.2, 0) is 0 Å². The van der Waals surface area contributed by atoms with Gasteiger partial charge < -0.3 is 0 Å². The maximum absolute atomic E-state index is 4.87. The first-order valence-electron chi connectivity index (χ1n) is 10.2. The van der Waals surface area contributed by atoms with E-state index in [-0.39, 0.29) is 0 Å². The standard InChI is InChI=1S/C27H20N4/c1-19-23(18-28-26(29-19)21-13-7-3-8-14-21)25-17-24(20-11-5-2-6-12-20)30-27(31-25)22-15-9-4-10-16-22/h2-18H,1H3. The van der Waals surface area contributed by atoms with E-state index in [1.54, 1.807) is 0 Å². The third-order valence-corrected chi connectivity index (χ3v) is 5.11. The van der Waals surface area contributed by atoms with Gasteiger partial charge in [0.1, 0.15) is 0 Å². The van der Waals surface area contributed by atoms with Gasteiger partial charge >= 0.3 is 0 Å². The van der Waals surface area contributed by atoms with Crippen molar-refractivity contribution in [3.05, 3.63) is 109 Å². The van der Waals surface area contributed by atoms with Gasteiger partial charge in [-0.2, -0.15) is 0 Å². The van der Waals surface area contributed by atoms with Gasteiger partial charge in [0.2, 0.25) is 0 Å². The van der Waals surface area contributed by atoms with Gasteiger partial charge in [-0.15, -0.1) is 0 Å². The molecule has 0 amide bonds. The molecule has 4 heteroatoms. The predicted molar refractivity (Wildman–Crippen MR) is 124 cm³/mol. The Morgan fingerprint density at radius 3 is 1.61 bits per heavy atom. The van der Waals surface area contributed by atoms with Crippen LogP contribution in [0.25, 0.3) is 45.3 Å². The number of aryl methyl sites for hydroxylation is 1. The molecule has 0 radical (unpaired) electrons. The zero-order valence-corrected chi connectivity index (χ0v) is 17.1. The highest BCUT2D eigenvalue weighted by Crippen LogP contribution is 2.29. The van der Waals surface area contributed by atoms with Gasteiger partial charge in [-0.1, -0.05) is 91.0 Å². The summed E-state index contributed by atoms with van der Waals surface area (Å²) in [7, 11) is 0. The Kier molecular flexibility index (Phi) is 5.03. The molecule has 3 aromatic carbocycles. The van der Waals surface area contributed by atoms with Crippen LogP contribution in [0.2, 0.25) is 0 Å². The summed E-state index contributed by atoms with van der Waals surface area (Å²) in [6, 6.07) is 32.2. The molecular formula is C27H20N4. The molecule has 0 aliphatic carbocycles. The number of hydrogen-bond donors (Lipinski definition) is 0. The Morgan fingerprint density at radius 1 is 0.516 bits per heavy atom. The summed E-state index contributed by atoms with van der Waals surface area (Å²) in [5.41, 5.74) is 6.47. The molecule has 0 N–H and O–H groups in total. The Morgan fingerprint density at radius 2 is 1.03 bits per heavy atom. The van der Waals surface area contributed by atoms with Crippen molar-refractivity contribution in [3.63, 3.8) is 0 Å². The molecule has 0 saturated heterocycles. The Balaban J connectivity index is 1.65. The molecule has 0 aliphatic heterocycles. The van der Waals surface area contributed by atoms with Crippen LogP contribution in [-0.4, -0.2) is 19.9 Å². The summed E-state index contributed by atoms with van der Waals surface area (Å²) in [5, 5.41) is 0. The first-order chi connectivity index (χ1) is 15.3. The predicted octanol–water partition coefficient (Wildman–Crippen LogP) is 6.24. The van der Waals surface area contributed by atoms with Crippen molar-refractivity contribution in [2.45, 2.75) is 6.92 Å². The van der Waals surface area contributed by atoms with Crippen LogP contribution >= 0.6 is 0 Å². The van der Waals surface area contributed by atoms with Crippen LogP contribution in [0.5, 0.6) is 0 Å². The molecule has 0 unspecified atom stereocenters. The lowest BCUT2D eigenvalue weighted by Crippen LogP contribution is -1.99. The average molecular weight is 400 g/mol. The number of hydrogen-bond acceptors (Lipinski definition) is 4. The minimum atomic E-state index is 0.684. The largest absolute Gasteiger partial charge is 0.236 e. The van der Waals surface area contributed by atoms with Crippen LogP contribution in [0.4, 0.5) is 0 Å². The van der Waals surface area contributed by atoms with Gasteiger partial charge in [-0.3, -0.25) is 0 Å². The van der Waals surface area contributed by atoms with E-state index in [9.17, 15) is 0 Å². The fourth-order valence-electron chi connectivity index (χ4n) is 3.50. The topological polar surface area (TPSA) is 51.6 Å². The fourth-order valence-corrected chi connectivity index (χ4v) is 3.50. The minimum Gasteiger partial charge on any atom is -0.236 e. The van der Waals surface area contributed by atoms with Crippen molar-refractivity contribution in [1.82, 2.24) is 19.9 Å². The molecule has 0 saturated carbocycles. The second-order valence-corrected chi connectivity index (χ2v) is 7.25. The minimum absolute atomic E-state index is 0.684. The first-order valence-corrected chi connectivity index (χ1v) is 10.2. The summed E-state index contributed by atoms with van der Waals surface area (Å²) in [6.07, 6.45) is 1.86. The van der Waals surface area contributed by atoms with E-state index >= 15 is 0 Å². The summed E-state index contributed by atoms with van der Waals surface area (Å²) in [6.45, 7) is 2.00. The summed E-state index contributed by atoms with van der Waals surface area (Å²) in [4.78, 5) is 19.1. The molecule has 5 rings (SSSR count). The van der Waals surface area contributed by atoms with E-state index < -0.39 is 0 Å². The highest BCUT2D eigenvalue weighted by Gasteiger charge is 2.14. The molecule has 0 aliphatic rings. The van der Waals surface area contributed by atoms with E-state index in [1.807, 2.05) is 98.0 Å². The van der Waals surface area contributed by atoms with Crippen LogP contribution < -0.4 is 0 Å². The van der Waals surface area contributed by atoms with Crippen LogP contribution in [0.3, 0.4) is 0 Å². The molecule has 0 fully saturated rings. The van der Waals surface area contributed by atoms with Gasteiger partial charge in [0.05, 0.1) is 17.1 Å². The second-order valence-electron chi connectivity index (χ2n) is 7.25. The second kappa shape index (κ2) is 8.28. The summed E-state index contributed by atoms with van der Waals surface area (Å²) < 4.78 is 0. The first kappa shape index (κ1) is 18.8. The van der Waals surface area contributed by atoms with Crippen LogP contribution in [0.1, 0.15) is 5.69 Å². The molecule has 2 heterocycles. The average Bonchev–Trinajstić information content (AvgIpc) is 2.85. The number of benzene rings is 3. The molecule has 2 aromatic heterocycles. The number of rotatable bonds is 4. The van der Waals surface area contributed by atoms with Gasteiger partial charge in [0.15, 0.2) is 11.6 Å². The lowest BCUT2D eigenvalue weighted by atomic mass is 10.1. The zero-order chi connectivity index (χ0) is 21.0. The number of nitrogens with zero attached hydrogens (tertiary/aromatic N) is 4. The van der Waals surface area contributed by atoms with Gasteiger partial charge in [0, 0.05) is 28.5 Å². The lowest BCUT2D eigenvalue weighted by Gasteiger charge is -2.11. The molecule has 0 bridgehead atoms. The number of aromatic nitrogens is 4. The van der Waals surface area contributed by atoms with Gasteiger partial charge in [-0.25, -0.2) is 19.9 Å². The Hall–Kier alpha value is -4.18. The fraction of sp³-hybridized carbons (Fsp3) is 0.0370. The SMILES string of the molecule is Cc1nc(-c2ccccc2)ncc1-c1cc(-c2ccccc2)nc(-c2ccccc2)n1. The maximum atomic E-state index is 4.87. The molecule has 4 nitrogen and oxygen atoms in total. The maximum Gasteiger partial charge on any atom is 0.160 e. The lowest BCUT2D eigenvalue weighted by molar-refractivity contribution is 1.10. The molecule has 5 aromatic rings.